The maximum Gasteiger partial charge on any atom is 0.334 e. The molecule has 0 saturated carbocycles. The van der Waals surface area contributed by atoms with Crippen molar-refractivity contribution in [1.29, 1.82) is 0 Å². The highest BCUT2D eigenvalue weighted by Crippen LogP contribution is 2.58. The molecule has 0 aromatic rings. The highest BCUT2D eigenvalue weighted by molar-refractivity contribution is 7.58. The van der Waals surface area contributed by atoms with Crippen LogP contribution in [-0.4, -0.2) is 34.6 Å². The van der Waals surface area contributed by atoms with Crippen LogP contribution in [0.4, 0.5) is 0 Å². The fraction of sp³-hybridized carbons (Fsp3) is 1.00. The Balaban J connectivity index is 5.02. The topological polar surface area (TPSA) is 71.1 Å². The second-order valence-corrected chi connectivity index (χ2v) is 10.9. The van der Waals surface area contributed by atoms with Gasteiger partial charge in [-0.3, -0.25) is 27.2 Å². The Morgan fingerprint density at radius 1 is 0.636 bits per heavy atom. The first-order valence-electron chi connectivity index (χ1n) is 6.35. The van der Waals surface area contributed by atoms with Gasteiger partial charge in [-0.25, -0.2) is 0 Å². The fourth-order valence-corrected chi connectivity index (χ4v) is 7.10. The lowest BCUT2D eigenvalue weighted by Gasteiger charge is -2.25. The molecule has 0 aliphatic rings. The molecule has 0 saturated heterocycles. The van der Waals surface area contributed by atoms with E-state index in [1.807, 2.05) is 0 Å². The zero-order chi connectivity index (χ0) is 17.6. The van der Waals surface area contributed by atoms with Gasteiger partial charge in [-0.15, -0.1) is 0 Å². The molecule has 6 nitrogen and oxygen atoms in total. The highest BCUT2D eigenvalue weighted by Gasteiger charge is 2.36. The van der Waals surface area contributed by atoms with E-state index in [1.54, 1.807) is 0 Å². The van der Waals surface area contributed by atoms with E-state index in [1.165, 1.54) is 27.7 Å². The van der Waals surface area contributed by atoms with E-state index < -0.39 is 37.4 Å². The van der Waals surface area contributed by atoms with Crippen molar-refractivity contribution in [2.24, 2.45) is 0 Å². The molecule has 0 N–H and O–H groups in total. The molecule has 0 aromatic heterocycles. The Morgan fingerprint density at radius 2 is 0.818 bits per heavy atom. The van der Waals surface area contributed by atoms with Gasteiger partial charge in [0.15, 0.2) is 0 Å². The number of rotatable bonds is 11. The minimum absolute atomic E-state index is 0.286. The number of alkyl halides is 4. The first-order valence-corrected chi connectivity index (χ1v) is 11.6. The molecule has 0 spiro atoms. The predicted octanol–water partition coefficient (Wildman–Crippen LogP) is 5.78. The van der Waals surface area contributed by atoms with Gasteiger partial charge >= 0.3 is 15.2 Å². The lowest BCUT2D eigenvalue weighted by molar-refractivity contribution is 0.180. The molecule has 0 aliphatic carbocycles. The lowest BCUT2D eigenvalue weighted by atomic mass is 10.9. The van der Waals surface area contributed by atoms with E-state index in [0.29, 0.717) is 0 Å². The van der Waals surface area contributed by atoms with Gasteiger partial charge in [0.05, 0.1) is 12.3 Å². The van der Waals surface area contributed by atoms with E-state index in [-0.39, 0.29) is 12.3 Å². The smallest absolute Gasteiger partial charge is 0.289 e. The van der Waals surface area contributed by atoms with Gasteiger partial charge in [-0.2, -0.15) is 0 Å². The highest BCUT2D eigenvalue weighted by atomic mass is 35.5. The summed E-state index contributed by atoms with van der Waals surface area (Å²) in [4.78, 5) is 0. The van der Waals surface area contributed by atoms with Crippen LogP contribution in [0.5, 0.6) is 0 Å². The molecule has 0 heterocycles. The Morgan fingerprint density at radius 3 is 0.955 bits per heavy atom. The van der Waals surface area contributed by atoms with Crippen LogP contribution in [0.1, 0.15) is 27.7 Å². The van der Waals surface area contributed by atoms with E-state index in [4.69, 9.17) is 64.5 Å². The van der Waals surface area contributed by atoms with Crippen LogP contribution in [0.25, 0.3) is 0 Å². The first kappa shape index (κ1) is 23.5. The minimum Gasteiger partial charge on any atom is -0.289 e. The summed E-state index contributed by atoms with van der Waals surface area (Å²) in [5.41, 5.74) is -3.55. The fourth-order valence-electron chi connectivity index (χ4n) is 1.39. The summed E-state index contributed by atoms with van der Waals surface area (Å²) in [5, 5.41) is 0. The van der Waals surface area contributed by atoms with Gasteiger partial charge in [0.2, 0.25) is 0 Å². The molecular formula is C10H20Cl4O6P2. The van der Waals surface area contributed by atoms with Gasteiger partial charge in [-0.05, 0) is 27.7 Å². The third-order valence-corrected chi connectivity index (χ3v) is 7.17. The second kappa shape index (κ2) is 10.5. The molecule has 134 valence electrons. The molecule has 0 aliphatic heterocycles. The third kappa shape index (κ3) is 11.1. The van der Waals surface area contributed by atoms with Crippen molar-refractivity contribution in [3.8, 4) is 0 Å². The van der Waals surface area contributed by atoms with Gasteiger partial charge in [-0.1, -0.05) is 46.4 Å². The summed E-state index contributed by atoms with van der Waals surface area (Å²) >= 11 is 22.7. The van der Waals surface area contributed by atoms with E-state index >= 15 is 0 Å². The van der Waals surface area contributed by atoms with Crippen LogP contribution in [0.3, 0.4) is 0 Å². The Labute approximate surface area is 151 Å². The number of hydrogen-bond acceptors (Lipinski definition) is 6. The van der Waals surface area contributed by atoms with Crippen molar-refractivity contribution in [2.45, 2.75) is 49.9 Å². The molecule has 22 heavy (non-hydrogen) atoms. The SMILES string of the molecule is CC(Cl)OP(=O)(CCP(=O)(OC(C)Cl)OC(C)Cl)OC(C)Cl. The lowest BCUT2D eigenvalue weighted by Crippen LogP contribution is -2.14. The van der Waals surface area contributed by atoms with Crippen molar-refractivity contribution in [2.75, 3.05) is 12.3 Å². The van der Waals surface area contributed by atoms with E-state index in [9.17, 15) is 9.13 Å². The van der Waals surface area contributed by atoms with Gasteiger partial charge in [0, 0.05) is 0 Å². The number of halogens is 4. The first-order chi connectivity index (χ1) is 9.87. The zero-order valence-corrected chi connectivity index (χ0v) is 17.4. The summed E-state index contributed by atoms with van der Waals surface area (Å²) in [6, 6.07) is 0. The largest absolute Gasteiger partial charge is 0.334 e. The quantitative estimate of drug-likeness (QED) is 0.300. The molecule has 4 unspecified atom stereocenters. The standard InChI is InChI=1S/C10H20Cl4O6P2/c1-7(11)17-21(15,18-8(2)12)5-6-22(16,19-9(3)13)20-10(4)14/h7-10H,5-6H2,1-4H3. The minimum atomic E-state index is -3.70. The van der Waals surface area contributed by atoms with Crippen molar-refractivity contribution < 1.29 is 27.2 Å². The van der Waals surface area contributed by atoms with E-state index in [2.05, 4.69) is 0 Å². The van der Waals surface area contributed by atoms with Crippen LogP contribution >= 0.6 is 61.6 Å². The third-order valence-electron chi connectivity index (χ3n) is 1.87. The van der Waals surface area contributed by atoms with E-state index in [0.717, 1.165) is 0 Å². The summed E-state index contributed by atoms with van der Waals surface area (Å²) in [6.07, 6.45) is -0.572. The van der Waals surface area contributed by atoms with Crippen LogP contribution in [0, 0.1) is 0 Å². The van der Waals surface area contributed by atoms with Crippen LogP contribution in [0.2, 0.25) is 0 Å². The van der Waals surface area contributed by atoms with Crippen molar-refractivity contribution in [3.63, 3.8) is 0 Å². The van der Waals surface area contributed by atoms with Crippen molar-refractivity contribution in [3.05, 3.63) is 0 Å². The molecule has 0 fully saturated rings. The zero-order valence-electron chi connectivity index (χ0n) is 12.6. The average molecular weight is 440 g/mol. The molecular weight excluding hydrogens is 420 g/mol. The molecule has 0 aromatic carbocycles. The molecule has 0 amide bonds. The Kier molecular flexibility index (Phi) is 11.1. The van der Waals surface area contributed by atoms with Crippen LogP contribution in [0.15, 0.2) is 0 Å². The summed E-state index contributed by atoms with van der Waals surface area (Å²) in [6.45, 7) is 5.85. The number of hydrogen-bond donors (Lipinski definition) is 0. The maximum atomic E-state index is 12.5. The Hall–Kier alpha value is 1.46. The summed E-state index contributed by atoms with van der Waals surface area (Å²) in [7, 11) is -7.39. The molecule has 4 atom stereocenters. The van der Waals surface area contributed by atoms with Crippen LogP contribution < -0.4 is 0 Å². The van der Waals surface area contributed by atoms with Gasteiger partial charge in [0.25, 0.3) is 0 Å². The average Bonchev–Trinajstić information content (AvgIpc) is 2.21. The molecule has 0 rings (SSSR count). The van der Waals surface area contributed by atoms with Crippen LogP contribution in [-0.2, 0) is 27.2 Å². The normalized spacial score (nSPS) is 23.1. The van der Waals surface area contributed by atoms with Crippen molar-refractivity contribution >= 4 is 61.6 Å². The summed E-state index contributed by atoms with van der Waals surface area (Å²) in [5.74, 6) is 0. The molecule has 12 heteroatoms. The predicted molar refractivity (Wildman–Crippen MR) is 90.5 cm³/mol. The summed E-state index contributed by atoms with van der Waals surface area (Å²) < 4.78 is 45.4. The van der Waals surface area contributed by atoms with Crippen molar-refractivity contribution in [1.82, 2.24) is 0 Å². The molecule has 0 bridgehead atoms. The van der Waals surface area contributed by atoms with Gasteiger partial charge in [0.1, 0.15) is 22.3 Å². The maximum absolute atomic E-state index is 12.5. The monoisotopic (exact) mass is 438 g/mol. The second-order valence-electron chi connectivity index (χ2n) is 4.26. The Bertz CT molecular complexity index is 352. The van der Waals surface area contributed by atoms with Gasteiger partial charge < -0.3 is 0 Å². The molecule has 0 radical (unpaired) electrons.